The second kappa shape index (κ2) is 17.0. The number of nitrogens with one attached hydrogen (secondary N) is 3. The van der Waals surface area contributed by atoms with E-state index in [0.717, 1.165) is 5.56 Å². The Hall–Kier alpha value is -4.81. The van der Waals surface area contributed by atoms with E-state index in [0.29, 0.717) is 11.1 Å². The van der Waals surface area contributed by atoms with Crippen LogP contribution >= 0.6 is 0 Å². The summed E-state index contributed by atoms with van der Waals surface area (Å²) < 4.78 is 5.44. The molecule has 12 nitrogen and oxygen atoms in total. The number of aliphatic hydroxyl groups is 2. The number of non-ortho nitro benzene ring substituents is 1. The van der Waals surface area contributed by atoms with Gasteiger partial charge in [0.05, 0.1) is 23.7 Å². The van der Waals surface area contributed by atoms with Crippen LogP contribution in [-0.2, 0) is 27.2 Å². The summed E-state index contributed by atoms with van der Waals surface area (Å²) in [6, 6.07) is 21.6. The topological polar surface area (TPSA) is 180 Å². The third-order valence-electron chi connectivity index (χ3n) is 7.08. The van der Waals surface area contributed by atoms with Gasteiger partial charge in [0.2, 0.25) is 11.8 Å². The van der Waals surface area contributed by atoms with E-state index in [2.05, 4.69) is 16.0 Å². The minimum Gasteiger partial charge on any atom is -0.444 e. The van der Waals surface area contributed by atoms with Gasteiger partial charge < -0.3 is 30.9 Å². The summed E-state index contributed by atoms with van der Waals surface area (Å²) in [5.41, 5.74) is 1.05. The van der Waals surface area contributed by atoms with E-state index in [-0.39, 0.29) is 38.1 Å². The molecular weight excluding hydrogens is 592 g/mol. The Bertz CT molecular complexity index is 1430. The number of nitro benzene ring substituents is 1. The second-order valence-electron chi connectivity index (χ2n) is 11.9. The number of carbonyl (C=O) groups excluding carboxylic acids is 3. The largest absolute Gasteiger partial charge is 0.444 e. The van der Waals surface area contributed by atoms with Crippen LogP contribution in [0.25, 0.3) is 0 Å². The molecule has 0 saturated carbocycles. The van der Waals surface area contributed by atoms with Gasteiger partial charge in [0.1, 0.15) is 11.6 Å². The number of benzene rings is 3. The average molecular weight is 635 g/mol. The van der Waals surface area contributed by atoms with Crippen molar-refractivity contribution in [2.24, 2.45) is 5.92 Å². The molecule has 0 aliphatic rings. The number of hydrogen-bond donors (Lipinski definition) is 5. The van der Waals surface area contributed by atoms with Crippen LogP contribution in [0.2, 0.25) is 0 Å². The van der Waals surface area contributed by atoms with E-state index in [1.165, 1.54) is 24.3 Å². The molecule has 5 N–H and O–H groups in total. The van der Waals surface area contributed by atoms with Gasteiger partial charge in [-0.25, -0.2) is 4.79 Å². The van der Waals surface area contributed by atoms with Crippen molar-refractivity contribution in [3.8, 4) is 0 Å². The van der Waals surface area contributed by atoms with E-state index in [1.54, 1.807) is 51.1 Å². The number of nitro groups is 1. The first-order valence-corrected chi connectivity index (χ1v) is 15.0. The number of ether oxygens (including phenoxy) is 1. The third-order valence-corrected chi connectivity index (χ3v) is 7.08. The summed E-state index contributed by atoms with van der Waals surface area (Å²) >= 11 is 0. The fraction of sp³-hybridized carbons (Fsp3) is 0.382. The predicted octanol–water partition coefficient (Wildman–Crippen LogP) is 3.61. The van der Waals surface area contributed by atoms with Gasteiger partial charge in [-0.05, 0) is 56.7 Å². The average Bonchev–Trinajstić information content (AvgIpc) is 3.02. The molecule has 0 bridgehead atoms. The monoisotopic (exact) mass is 634 g/mol. The molecule has 0 aliphatic heterocycles. The van der Waals surface area contributed by atoms with Gasteiger partial charge in [0, 0.05) is 24.6 Å². The van der Waals surface area contributed by atoms with E-state index >= 15 is 0 Å². The van der Waals surface area contributed by atoms with E-state index < -0.39 is 52.5 Å². The molecule has 3 rings (SSSR count). The molecule has 12 heteroatoms. The normalized spacial score (nSPS) is 13.8. The lowest BCUT2D eigenvalue weighted by Gasteiger charge is -2.29. The molecule has 1 unspecified atom stereocenters. The summed E-state index contributed by atoms with van der Waals surface area (Å²) in [5, 5.41) is 40.1. The molecule has 0 aliphatic carbocycles. The van der Waals surface area contributed by atoms with Crippen molar-refractivity contribution in [1.29, 1.82) is 0 Å². The zero-order valence-corrected chi connectivity index (χ0v) is 26.2. The van der Waals surface area contributed by atoms with Crippen molar-refractivity contribution < 1.29 is 34.3 Å². The fourth-order valence-corrected chi connectivity index (χ4v) is 4.87. The highest BCUT2D eigenvalue weighted by Gasteiger charge is 2.32. The Labute approximate surface area is 268 Å². The van der Waals surface area contributed by atoms with Crippen LogP contribution in [0.3, 0.4) is 0 Å². The standard InChI is InChI=1S/C34H42N4O8/c1-34(2,3)46-33(43)36-28(21-23-10-6-4-7-11-23)29(40)22-26(20-24-14-16-27(17-15-24)38(44)45)31(41)37-30(32(42)35-18-19-39)25-12-8-5-9-13-25/h4-17,26,28-30,39-40H,18-22H2,1-3H3,(H,35,42)(H,36,43)(H,37,41)/t26-,28+,29+,30?/m1/s1. The van der Waals surface area contributed by atoms with Crippen molar-refractivity contribution in [3.63, 3.8) is 0 Å². The maximum atomic E-state index is 13.9. The molecular formula is C34H42N4O8. The van der Waals surface area contributed by atoms with Gasteiger partial charge in [0.25, 0.3) is 5.69 Å². The van der Waals surface area contributed by atoms with Crippen LogP contribution in [0.5, 0.6) is 0 Å². The van der Waals surface area contributed by atoms with Gasteiger partial charge in [-0.1, -0.05) is 72.8 Å². The highest BCUT2D eigenvalue weighted by molar-refractivity contribution is 5.89. The zero-order chi connectivity index (χ0) is 33.7. The molecule has 0 fully saturated rings. The Morgan fingerprint density at radius 2 is 1.43 bits per heavy atom. The van der Waals surface area contributed by atoms with Crippen molar-refractivity contribution in [1.82, 2.24) is 16.0 Å². The van der Waals surface area contributed by atoms with Crippen molar-refractivity contribution in [2.45, 2.75) is 63.8 Å². The summed E-state index contributed by atoms with van der Waals surface area (Å²) in [5.74, 6) is -2.01. The van der Waals surface area contributed by atoms with Gasteiger partial charge in [-0.15, -0.1) is 0 Å². The van der Waals surface area contributed by atoms with Crippen molar-refractivity contribution >= 4 is 23.6 Å². The summed E-state index contributed by atoms with van der Waals surface area (Å²) in [6.45, 7) is 4.86. The number of amides is 3. The van der Waals surface area contributed by atoms with Gasteiger partial charge in [-0.2, -0.15) is 0 Å². The minimum absolute atomic E-state index is 0.0134. The van der Waals surface area contributed by atoms with Crippen LogP contribution in [0.4, 0.5) is 10.5 Å². The minimum atomic E-state index is -1.24. The van der Waals surface area contributed by atoms with Crippen LogP contribution in [0.15, 0.2) is 84.9 Å². The SMILES string of the molecule is CC(C)(C)OC(=O)N[C@@H](Cc1ccccc1)[C@@H](O)C[C@@H](Cc1ccc([N+](=O)[O-])cc1)C(=O)NC(C(=O)NCCO)c1ccccc1. The highest BCUT2D eigenvalue weighted by atomic mass is 16.6. The molecule has 3 aromatic rings. The molecule has 246 valence electrons. The highest BCUT2D eigenvalue weighted by Crippen LogP contribution is 2.23. The predicted molar refractivity (Wildman–Crippen MR) is 172 cm³/mol. The summed E-state index contributed by atoms with van der Waals surface area (Å²) in [4.78, 5) is 50.5. The quantitative estimate of drug-likeness (QED) is 0.124. The molecule has 3 amide bonds. The number of rotatable bonds is 15. The maximum absolute atomic E-state index is 13.9. The lowest BCUT2D eigenvalue weighted by Crippen LogP contribution is -2.49. The van der Waals surface area contributed by atoms with Gasteiger partial charge in [-0.3, -0.25) is 19.7 Å². The van der Waals surface area contributed by atoms with Crippen LogP contribution < -0.4 is 16.0 Å². The van der Waals surface area contributed by atoms with Crippen molar-refractivity contribution in [2.75, 3.05) is 13.2 Å². The Morgan fingerprint density at radius 1 is 0.848 bits per heavy atom. The zero-order valence-electron chi connectivity index (χ0n) is 26.2. The molecule has 0 heterocycles. The number of hydrogen-bond acceptors (Lipinski definition) is 8. The first-order chi connectivity index (χ1) is 21.9. The van der Waals surface area contributed by atoms with Gasteiger partial charge in [0.15, 0.2) is 0 Å². The van der Waals surface area contributed by atoms with Crippen LogP contribution in [-0.4, -0.2) is 63.9 Å². The fourth-order valence-electron chi connectivity index (χ4n) is 4.87. The molecule has 4 atom stereocenters. The van der Waals surface area contributed by atoms with Crippen LogP contribution in [0, 0.1) is 16.0 Å². The van der Waals surface area contributed by atoms with Crippen LogP contribution in [0.1, 0.15) is 49.9 Å². The van der Waals surface area contributed by atoms with E-state index in [4.69, 9.17) is 4.74 Å². The number of aliphatic hydroxyl groups excluding tert-OH is 2. The van der Waals surface area contributed by atoms with Gasteiger partial charge >= 0.3 is 6.09 Å². The molecule has 0 spiro atoms. The number of carbonyl (C=O) groups is 3. The smallest absolute Gasteiger partial charge is 0.407 e. The molecule has 0 aromatic heterocycles. The maximum Gasteiger partial charge on any atom is 0.407 e. The Morgan fingerprint density at radius 3 is 2.00 bits per heavy atom. The number of alkyl carbamates (subject to hydrolysis) is 1. The van der Waals surface area contributed by atoms with E-state index in [9.17, 15) is 34.7 Å². The molecule has 0 radical (unpaired) electrons. The van der Waals surface area contributed by atoms with Crippen molar-refractivity contribution in [3.05, 3.63) is 112 Å². The Balaban J connectivity index is 1.92. The molecule has 3 aromatic carbocycles. The second-order valence-corrected chi connectivity index (χ2v) is 11.9. The lowest BCUT2D eigenvalue weighted by atomic mass is 9.88. The molecule has 46 heavy (non-hydrogen) atoms. The third kappa shape index (κ3) is 11.6. The summed E-state index contributed by atoms with van der Waals surface area (Å²) in [7, 11) is 0. The Kier molecular flexibility index (Phi) is 13.2. The first kappa shape index (κ1) is 35.7. The van der Waals surface area contributed by atoms with E-state index in [1.807, 2.05) is 30.3 Å². The summed E-state index contributed by atoms with van der Waals surface area (Å²) in [6.07, 6.45) is -1.78. The first-order valence-electron chi connectivity index (χ1n) is 15.0. The number of nitrogens with zero attached hydrogens (tertiary/aromatic N) is 1. The lowest BCUT2D eigenvalue weighted by molar-refractivity contribution is -0.384. The molecule has 0 saturated heterocycles.